The van der Waals surface area contributed by atoms with Gasteiger partial charge in [0.1, 0.15) is 5.82 Å². The standard InChI is InChI=1S/C10H6Br2FN/c11-8-5-7(13)6-9(12)10(8)14-3-1-2-4-14/h1-6H. The van der Waals surface area contributed by atoms with Crippen molar-refractivity contribution in [2.75, 3.05) is 0 Å². The molecule has 0 amide bonds. The SMILES string of the molecule is Fc1cc(Br)c(-n2cccc2)c(Br)c1. The van der Waals surface area contributed by atoms with Crippen LogP contribution in [0.25, 0.3) is 5.69 Å². The number of hydrogen-bond acceptors (Lipinski definition) is 0. The highest BCUT2D eigenvalue weighted by Gasteiger charge is 2.08. The zero-order chi connectivity index (χ0) is 10.1. The third-order valence-corrected chi connectivity index (χ3v) is 3.05. The maximum atomic E-state index is 13.0. The van der Waals surface area contributed by atoms with Gasteiger partial charge in [-0.3, -0.25) is 0 Å². The Kier molecular flexibility index (Phi) is 2.74. The van der Waals surface area contributed by atoms with E-state index in [2.05, 4.69) is 31.9 Å². The Balaban J connectivity index is 2.64. The lowest BCUT2D eigenvalue weighted by molar-refractivity contribution is 0.625. The molecule has 0 radical (unpaired) electrons. The highest BCUT2D eigenvalue weighted by Crippen LogP contribution is 2.30. The highest BCUT2D eigenvalue weighted by atomic mass is 79.9. The Morgan fingerprint density at radius 2 is 1.50 bits per heavy atom. The minimum absolute atomic E-state index is 0.264. The van der Waals surface area contributed by atoms with Crippen molar-refractivity contribution in [1.82, 2.24) is 4.57 Å². The van der Waals surface area contributed by atoms with Crippen molar-refractivity contribution in [2.24, 2.45) is 0 Å². The molecule has 0 spiro atoms. The number of hydrogen-bond donors (Lipinski definition) is 0. The van der Waals surface area contributed by atoms with Crippen molar-refractivity contribution in [3.8, 4) is 5.69 Å². The molecule has 0 saturated heterocycles. The summed E-state index contributed by atoms with van der Waals surface area (Å²) >= 11 is 6.66. The molecule has 0 saturated carbocycles. The zero-order valence-corrected chi connectivity index (χ0v) is 10.2. The summed E-state index contributed by atoms with van der Waals surface area (Å²) in [6.07, 6.45) is 3.81. The Hall–Kier alpha value is -0.610. The van der Waals surface area contributed by atoms with E-state index >= 15 is 0 Å². The first kappa shape index (κ1) is 9.93. The average Bonchev–Trinajstić information content (AvgIpc) is 2.54. The number of nitrogens with zero attached hydrogens (tertiary/aromatic N) is 1. The molecule has 0 fully saturated rings. The van der Waals surface area contributed by atoms with Crippen LogP contribution < -0.4 is 0 Å². The first-order valence-electron chi connectivity index (χ1n) is 3.96. The molecule has 0 atom stereocenters. The first-order valence-corrected chi connectivity index (χ1v) is 5.55. The summed E-state index contributed by atoms with van der Waals surface area (Å²) in [7, 11) is 0. The summed E-state index contributed by atoms with van der Waals surface area (Å²) < 4.78 is 16.3. The van der Waals surface area contributed by atoms with Crippen LogP contribution in [0.5, 0.6) is 0 Å². The summed E-state index contributed by atoms with van der Waals surface area (Å²) in [4.78, 5) is 0. The van der Waals surface area contributed by atoms with Crippen LogP contribution >= 0.6 is 31.9 Å². The minimum atomic E-state index is -0.264. The van der Waals surface area contributed by atoms with Crippen LogP contribution in [0.4, 0.5) is 4.39 Å². The quantitative estimate of drug-likeness (QED) is 0.744. The van der Waals surface area contributed by atoms with E-state index in [0.717, 1.165) is 14.6 Å². The molecule has 0 aliphatic carbocycles. The first-order chi connectivity index (χ1) is 6.68. The summed E-state index contributed by atoms with van der Waals surface area (Å²) in [6.45, 7) is 0. The van der Waals surface area contributed by atoms with Crippen molar-refractivity contribution in [2.45, 2.75) is 0 Å². The molecule has 2 rings (SSSR count). The highest BCUT2D eigenvalue weighted by molar-refractivity contribution is 9.11. The van der Waals surface area contributed by atoms with Gasteiger partial charge in [0.15, 0.2) is 0 Å². The average molecular weight is 319 g/mol. The van der Waals surface area contributed by atoms with Gasteiger partial charge < -0.3 is 4.57 Å². The van der Waals surface area contributed by atoms with Crippen molar-refractivity contribution in [3.05, 3.63) is 51.4 Å². The van der Waals surface area contributed by atoms with Gasteiger partial charge in [-0.1, -0.05) is 0 Å². The largest absolute Gasteiger partial charge is 0.322 e. The van der Waals surface area contributed by atoms with Gasteiger partial charge in [-0.25, -0.2) is 4.39 Å². The maximum Gasteiger partial charge on any atom is 0.125 e. The van der Waals surface area contributed by atoms with E-state index in [1.807, 2.05) is 29.1 Å². The van der Waals surface area contributed by atoms with E-state index in [-0.39, 0.29) is 5.82 Å². The van der Waals surface area contributed by atoms with Crippen LogP contribution in [-0.4, -0.2) is 4.57 Å². The number of halogens is 3. The molecule has 1 nitrogen and oxygen atoms in total. The van der Waals surface area contributed by atoms with Crippen LogP contribution in [0.2, 0.25) is 0 Å². The van der Waals surface area contributed by atoms with E-state index < -0.39 is 0 Å². The zero-order valence-electron chi connectivity index (χ0n) is 7.05. The van der Waals surface area contributed by atoms with Crippen molar-refractivity contribution < 1.29 is 4.39 Å². The number of benzene rings is 1. The fourth-order valence-electron chi connectivity index (χ4n) is 1.26. The number of rotatable bonds is 1. The summed E-state index contributed by atoms with van der Waals surface area (Å²) in [5.41, 5.74) is 0.899. The Morgan fingerprint density at radius 3 is 2.00 bits per heavy atom. The predicted molar refractivity (Wildman–Crippen MR) is 61.1 cm³/mol. The predicted octanol–water partition coefficient (Wildman–Crippen LogP) is 4.14. The smallest absolute Gasteiger partial charge is 0.125 e. The lowest BCUT2D eigenvalue weighted by Crippen LogP contribution is -1.93. The van der Waals surface area contributed by atoms with Crippen LogP contribution in [0.3, 0.4) is 0 Å². The summed E-state index contributed by atoms with van der Waals surface area (Å²) in [5.74, 6) is -0.264. The second-order valence-corrected chi connectivity index (χ2v) is 4.52. The van der Waals surface area contributed by atoms with Crippen LogP contribution in [0, 0.1) is 5.82 Å². The lowest BCUT2D eigenvalue weighted by Gasteiger charge is -2.08. The normalized spacial score (nSPS) is 10.5. The molecule has 0 N–H and O–H groups in total. The monoisotopic (exact) mass is 317 g/mol. The van der Waals surface area contributed by atoms with Gasteiger partial charge >= 0.3 is 0 Å². The summed E-state index contributed by atoms with van der Waals surface area (Å²) in [6, 6.07) is 6.73. The summed E-state index contributed by atoms with van der Waals surface area (Å²) in [5, 5.41) is 0. The fourth-order valence-corrected chi connectivity index (χ4v) is 2.80. The molecule has 0 bridgehead atoms. The second-order valence-electron chi connectivity index (χ2n) is 2.81. The van der Waals surface area contributed by atoms with Gasteiger partial charge in [0.05, 0.1) is 5.69 Å². The van der Waals surface area contributed by atoms with E-state index in [0.29, 0.717) is 0 Å². The third kappa shape index (κ3) is 1.77. The van der Waals surface area contributed by atoms with Crippen LogP contribution in [0.15, 0.2) is 45.6 Å². The molecule has 72 valence electrons. The van der Waals surface area contributed by atoms with E-state index in [1.54, 1.807) is 0 Å². The molecule has 14 heavy (non-hydrogen) atoms. The minimum Gasteiger partial charge on any atom is -0.322 e. The second kappa shape index (κ2) is 3.87. The van der Waals surface area contributed by atoms with E-state index in [9.17, 15) is 4.39 Å². The molecule has 0 aliphatic rings. The third-order valence-electron chi connectivity index (χ3n) is 1.84. The lowest BCUT2D eigenvalue weighted by atomic mass is 10.3. The van der Waals surface area contributed by atoms with E-state index in [1.165, 1.54) is 12.1 Å². The molecule has 1 aromatic heterocycles. The van der Waals surface area contributed by atoms with Gasteiger partial charge in [0, 0.05) is 21.3 Å². The fraction of sp³-hybridized carbons (Fsp3) is 0. The molecule has 4 heteroatoms. The Morgan fingerprint density at radius 1 is 1.00 bits per heavy atom. The Bertz CT molecular complexity index is 428. The van der Waals surface area contributed by atoms with Crippen molar-refractivity contribution in [3.63, 3.8) is 0 Å². The number of aromatic nitrogens is 1. The Labute approximate surface area is 97.8 Å². The van der Waals surface area contributed by atoms with Gasteiger partial charge in [-0.15, -0.1) is 0 Å². The van der Waals surface area contributed by atoms with Gasteiger partial charge in [-0.05, 0) is 56.1 Å². The molecule has 1 aromatic carbocycles. The van der Waals surface area contributed by atoms with Gasteiger partial charge in [0.25, 0.3) is 0 Å². The van der Waals surface area contributed by atoms with Gasteiger partial charge in [0.2, 0.25) is 0 Å². The molecule has 0 aliphatic heterocycles. The topological polar surface area (TPSA) is 4.93 Å². The van der Waals surface area contributed by atoms with Crippen molar-refractivity contribution in [1.29, 1.82) is 0 Å². The molecular formula is C10H6Br2FN. The van der Waals surface area contributed by atoms with Crippen LogP contribution in [0.1, 0.15) is 0 Å². The van der Waals surface area contributed by atoms with Crippen molar-refractivity contribution >= 4 is 31.9 Å². The molecule has 1 heterocycles. The molecular weight excluding hydrogens is 313 g/mol. The molecule has 2 aromatic rings. The van der Waals surface area contributed by atoms with Crippen LogP contribution in [-0.2, 0) is 0 Å². The van der Waals surface area contributed by atoms with Gasteiger partial charge in [-0.2, -0.15) is 0 Å². The van der Waals surface area contributed by atoms with E-state index in [4.69, 9.17) is 0 Å². The maximum absolute atomic E-state index is 13.0. The molecule has 0 unspecified atom stereocenters.